The maximum atomic E-state index is 12.9. The van der Waals surface area contributed by atoms with E-state index in [1.54, 1.807) is 12.4 Å². The number of carbonyl (C=O) groups is 1. The predicted molar refractivity (Wildman–Crippen MR) is 97.7 cm³/mol. The topological polar surface area (TPSA) is 45.2 Å². The lowest BCUT2D eigenvalue weighted by molar-refractivity contribution is 0.0607. The Balaban J connectivity index is 1.78. The summed E-state index contributed by atoms with van der Waals surface area (Å²) in [6.07, 6.45) is 7.86. The Morgan fingerprint density at radius 2 is 2.12 bits per heavy atom. The van der Waals surface area contributed by atoms with Gasteiger partial charge in [-0.3, -0.25) is 9.78 Å². The first kappa shape index (κ1) is 16.5. The molecule has 1 aliphatic rings. The van der Waals surface area contributed by atoms with E-state index in [2.05, 4.69) is 36.3 Å². The van der Waals surface area contributed by atoms with E-state index < -0.39 is 0 Å². The highest BCUT2D eigenvalue weighted by Crippen LogP contribution is 2.23. The van der Waals surface area contributed by atoms with Crippen LogP contribution in [0.5, 0.6) is 0 Å². The molecule has 2 heterocycles. The molecule has 0 radical (unpaired) electrons. The van der Waals surface area contributed by atoms with E-state index in [9.17, 15) is 4.79 Å². The van der Waals surface area contributed by atoms with Gasteiger partial charge in [-0.1, -0.05) is 19.1 Å². The number of rotatable bonds is 4. The smallest absolute Gasteiger partial charge is 0.255 e. The summed E-state index contributed by atoms with van der Waals surface area (Å²) in [5.41, 5.74) is 3.70. The molecule has 0 bridgehead atoms. The predicted octanol–water partition coefficient (Wildman–Crippen LogP) is 4.54. The van der Waals surface area contributed by atoms with Gasteiger partial charge in [-0.2, -0.15) is 0 Å². The molecule has 2 aromatic rings. The van der Waals surface area contributed by atoms with Crippen molar-refractivity contribution in [2.45, 2.75) is 45.6 Å². The van der Waals surface area contributed by atoms with Crippen molar-refractivity contribution in [3.05, 3.63) is 53.9 Å². The molecular weight excluding hydrogens is 298 g/mol. The number of aryl methyl sites for hydroxylation is 1. The van der Waals surface area contributed by atoms with Crippen LogP contribution >= 0.6 is 0 Å². The zero-order chi connectivity index (χ0) is 16.9. The molecule has 4 nitrogen and oxygen atoms in total. The van der Waals surface area contributed by atoms with Crippen LogP contribution in [-0.2, 0) is 0 Å². The normalized spacial score (nSPS) is 17.6. The Labute approximate surface area is 143 Å². The Bertz CT molecular complexity index is 714. The number of nitrogens with one attached hydrogen (secondary N) is 1. The van der Waals surface area contributed by atoms with Crippen molar-refractivity contribution in [1.29, 1.82) is 0 Å². The van der Waals surface area contributed by atoms with Crippen LogP contribution in [0.3, 0.4) is 0 Å². The number of piperidine rings is 1. The molecule has 1 amide bonds. The van der Waals surface area contributed by atoms with Crippen molar-refractivity contribution >= 4 is 17.3 Å². The van der Waals surface area contributed by atoms with E-state index in [-0.39, 0.29) is 5.91 Å². The average molecular weight is 323 g/mol. The van der Waals surface area contributed by atoms with Crippen LogP contribution in [0, 0.1) is 6.92 Å². The number of hydrogen-bond donors (Lipinski definition) is 1. The highest BCUT2D eigenvalue weighted by atomic mass is 16.2. The maximum absolute atomic E-state index is 12.9. The molecule has 1 atom stereocenters. The minimum Gasteiger partial charge on any atom is -0.354 e. The van der Waals surface area contributed by atoms with Crippen molar-refractivity contribution < 1.29 is 4.79 Å². The van der Waals surface area contributed by atoms with Gasteiger partial charge in [-0.05, 0) is 56.4 Å². The summed E-state index contributed by atoms with van der Waals surface area (Å²) in [7, 11) is 0. The molecule has 1 fully saturated rings. The third-order valence-corrected chi connectivity index (χ3v) is 4.65. The molecule has 0 aliphatic carbocycles. The second-order valence-electron chi connectivity index (χ2n) is 6.51. The Morgan fingerprint density at radius 1 is 1.25 bits per heavy atom. The number of likely N-dealkylation sites (tertiary alicyclic amines) is 1. The molecule has 3 rings (SSSR count). The summed E-state index contributed by atoms with van der Waals surface area (Å²) in [6.45, 7) is 5.07. The van der Waals surface area contributed by atoms with Gasteiger partial charge < -0.3 is 10.2 Å². The largest absolute Gasteiger partial charge is 0.354 e. The third kappa shape index (κ3) is 3.75. The molecule has 24 heavy (non-hydrogen) atoms. The van der Waals surface area contributed by atoms with Crippen LogP contribution in [0.1, 0.15) is 48.5 Å². The van der Waals surface area contributed by atoms with E-state index >= 15 is 0 Å². The van der Waals surface area contributed by atoms with E-state index in [4.69, 9.17) is 0 Å². The zero-order valence-corrected chi connectivity index (χ0v) is 14.5. The van der Waals surface area contributed by atoms with Crippen LogP contribution in [0.25, 0.3) is 0 Å². The van der Waals surface area contributed by atoms with E-state index in [1.807, 2.05) is 23.1 Å². The first-order valence-corrected chi connectivity index (χ1v) is 8.77. The fraction of sp³-hybridized carbons (Fsp3) is 0.400. The highest BCUT2D eigenvalue weighted by molar-refractivity contribution is 5.95. The summed E-state index contributed by atoms with van der Waals surface area (Å²) >= 11 is 0. The minimum atomic E-state index is 0.0990. The van der Waals surface area contributed by atoms with Crippen LogP contribution in [0.2, 0.25) is 0 Å². The summed E-state index contributed by atoms with van der Waals surface area (Å²) in [5.74, 6) is 0.0990. The highest BCUT2D eigenvalue weighted by Gasteiger charge is 2.26. The number of pyridine rings is 1. The van der Waals surface area contributed by atoms with Crippen molar-refractivity contribution in [1.82, 2.24) is 9.88 Å². The molecule has 126 valence electrons. The maximum Gasteiger partial charge on any atom is 0.255 e. The lowest BCUT2D eigenvalue weighted by atomic mass is 9.99. The standard InChI is InChI=1S/C20H25N3O/c1-3-19-9-4-5-10-23(19)20(24)16-12-18(14-21-13-16)22-17-8-6-7-15(2)11-17/h6-8,11-14,19,22H,3-5,9-10H2,1-2H3. The molecule has 1 aromatic carbocycles. The molecular formula is C20H25N3O. The molecule has 0 saturated carbocycles. The van der Waals surface area contributed by atoms with Crippen molar-refractivity contribution in [2.75, 3.05) is 11.9 Å². The van der Waals surface area contributed by atoms with Crippen LogP contribution in [-0.4, -0.2) is 28.4 Å². The first-order chi connectivity index (χ1) is 11.7. The molecule has 1 aliphatic heterocycles. The van der Waals surface area contributed by atoms with Crippen molar-refractivity contribution in [2.24, 2.45) is 0 Å². The molecule has 1 saturated heterocycles. The third-order valence-electron chi connectivity index (χ3n) is 4.65. The minimum absolute atomic E-state index is 0.0990. The quantitative estimate of drug-likeness (QED) is 0.898. The Morgan fingerprint density at radius 3 is 2.92 bits per heavy atom. The first-order valence-electron chi connectivity index (χ1n) is 8.77. The second kappa shape index (κ2) is 7.47. The zero-order valence-electron chi connectivity index (χ0n) is 14.5. The van der Waals surface area contributed by atoms with Gasteiger partial charge in [0, 0.05) is 24.5 Å². The number of benzene rings is 1. The van der Waals surface area contributed by atoms with E-state index in [0.29, 0.717) is 11.6 Å². The second-order valence-corrected chi connectivity index (χ2v) is 6.51. The van der Waals surface area contributed by atoms with E-state index in [0.717, 1.165) is 37.2 Å². The van der Waals surface area contributed by atoms with Gasteiger partial charge in [0.2, 0.25) is 0 Å². The van der Waals surface area contributed by atoms with Crippen LogP contribution in [0.15, 0.2) is 42.7 Å². The summed E-state index contributed by atoms with van der Waals surface area (Å²) in [4.78, 5) is 19.2. The summed E-state index contributed by atoms with van der Waals surface area (Å²) in [5, 5.41) is 3.33. The van der Waals surface area contributed by atoms with Gasteiger partial charge in [-0.25, -0.2) is 0 Å². The molecule has 0 spiro atoms. The summed E-state index contributed by atoms with van der Waals surface area (Å²) in [6, 6.07) is 10.4. The number of nitrogens with zero attached hydrogens (tertiary/aromatic N) is 2. The number of anilines is 2. The SMILES string of the molecule is CCC1CCCCN1C(=O)c1cncc(Nc2cccc(C)c2)c1. The van der Waals surface area contributed by atoms with Gasteiger partial charge in [0.25, 0.3) is 5.91 Å². The number of hydrogen-bond acceptors (Lipinski definition) is 3. The Hall–Kier alpha value is -2.36. The lowest BCUT2D eigenvalue weighted by Gasteiger charge is -2.35. The van der Waals surface area contributed by atoms with E-state index in [1.165, 1.54) is 12.0 Å². The van der Waals surface area contributed by atoms with Crippen molar-refractivity contribution in [3.8, 4) is 0 Å². The van der Waals surface area contributed by atoms with Gasteiger partial charge >= 0.3 is 0 Å². The fourth-order valence-electron chi connectivity index (χ4n) is 3.37. The summed E-state index contributed by atoms with van der Waals surface area (Å²) < 4.78 is 0. The fourth-order valence-corrected chi connectivity index (χ4v) is 3.37. The van der Waals surface area contributed by atoms with Gasteiger partial charge in [0.1, 0.15) is 0 Å². The molecule has 1 N–H and O–H groups in total. The van der Waals surface area contributed by atoms with Gasteiger partial charge in [0.15, 0.2) is 0 Å². The Kier molecular flexibility index (Phi) is 5.14. The number of carbonyl (C=O) groups excluding carboxylic acids is 1. The molecule has 4 heteroatoms. The number of amides is 1. The monoisotopic (exact) mass is 323 g/mol. The number of aromatic nitrogens is 1. The molecule has 1 aromatic heterocycles. The lowest BCUT2D eigenvalue weighted by Crippen LogP contribution is -2.43. The van der Waals surface area contributed by atoms with Crippen molar-refractivity contribution in [3.63, 3.8) is 0 Å². The van der Waals surface area contributed by atoms with Gasteiger partial charge in [-0.15, -0.1) is 0 Å². The molecule has 1 unspecified atom stereocenters. The van der Waals surface area contributed by atoms with Crippen LogP contribution < -0.4 is 5.32 Å². The average Bonchev–Trinajstić information content (AvgIpc) is 2.61. The van der Waals surface area contributed by atoms with Crippen LogP contribution in [0.4, 0.5) is 11.4 Å². The van der Waals surface area contributed by atoms with Gasteiger partial charge in [0.05, 0.1) is 17.4 Å².